The summed E-state index contributed by atoms with van der Waals surface area (Å²) >= 11 is 0. The van der Waals surface area contributed by atoms with Crippen LogP contribution in [0.25, 0.3) is 10.8 Å². The molecule has 156 valence electrons. The number of nitrogens with one attached hydrogen (secondary N) is 1. The third-order valence-corrected chi connectivity index (χ3v) is 5.99. The van der Waals surface area contributed by atoms with Crippen molar-refractivity contribution >= 4 is 22.4 Å². The number of ether oxygens (including phenoxy) is 1. The number of anilines is 1. The monoisotopic (exact) mass is 405 g/mol. The van der Waals surface area contributed by atoms with Gasteiger partial charge in [-0.1, -0.05) is 63.1 Å². The van der Waals surface area contributed by atoms with E-state index in [1.807, 2.05) is 36.4 Å². The van der Waals surface area contributed by atoms with Crippen LogP contribution in [0.3, 0.4) is 0 Å². The molecule has 3 nitrogen and oxygen atoms in total. The van der Waals surface area contributed by atoms with E-state index in [1.165, 1.54) is 12.1 Å². The van der Waals surface area contributed by atoms with Crippen molar-refractivity contribution in [3.05, 3.63) is 72.0 Å². The fourth-order valence-corrected chi connectivity index (χ4v) is 4.40. The predicted octanol–water partition coefficient (Wildman–Crippen LogP) is 6.46. The molecule has 30 heavy (non-hydrogen) atoms. The van der Waals surface area contributed by atoms with Crippen LogP contribution in [0.15, 0.2) is 60.7 Å². The molecule has 4 heteroatoms. The molecule has 0 unspecified atom stereocenters. The first-order valence-corrected chi connectivity index (χ1v) is 10.7. The van der Waals surface area contributed by atoms with Crippen LogP contribution in [0.4, 0.5) is 10.1 Å². The van der Waals surface area contributed by atoms with Crippen LogP contribution in [0.2, 0.25) is 0 Å². The van der Waals surface area contributed by atoms with E-state index in [-0.39, 0.29) is 11.7 Å². The van der Waals surface area contributed by atoms with E-state index in [0.717, 1.165) is 53.5 Å². The average Bonchev–Trinajstić information content (AvgIpc) is 3.25. The number of hydrogen-bond donors (Lipinski definition) is 1. The molecule has 0 aromatic heterocycles. The van der Waals surface area contributed by atoms with Crippen LogP contribution in [0.1, 0.15) is 45.1 Å². The first-order chi connectivity index (χ1) is 14.5. The molecule has 0 atom stereocenters. The summed E-state index contributed by atoms with van der Waals surface area (Å²) in [7, 11) is 0. The van der Waals surface area contributed by atoms with Gasteiger partial charge in [0.15, 0.2) is 0 Å². The zero-order valence-electron chi connectivity index (χ0n) is 17.6. The van der Waals surface area contributed by atoms with E-state index < -0.39 is 5.41 Å². The summed E-state index contributed by atoms with van der Waals surface area (Å²) in [6.45, 7) is 4.88. The van der Waals surface area contributed by atoms with E-state index in [9.17, 15) is 9.18 Å². The van der Waals surface area contributed by atoms with Gasteiger partial charge < -0.3 is 10.1 Å². The summed E-state index contributed by atoms with van der Waals surface area (Å²) < 4.78 is 19.5. The van der Waals surface area contributed by atoms with E-state index in [0.29, 0.717) is 12.5 Å². The van der Waals surface area contributed by atoms with Crippen molar-refractivity contribution in [2.75, 3.05) is 11.9 Å². The molecule has 0 heterocycles. The van der Waals surface area contributed by atoms with Crippen LogP contribution in [0, 0.1) is 11.7 Å². The molecule has 4 rings (SSSR count). The van der Waals surface area contributed by atoms with Gasteiger partial charge in [0, 0.05) is 16.5 Å². The SMILES string of the molecule is CC(C)COc1ccc(NC(=O)C2(c3ccc(F)cc3)CCCC2)c2ccccc12. The Morgan fingerprint density at radius 2 is 1.67 bits per heavy atom. The van der Waals surface area contributed by atoms with Crippen molar-refractivity contribution in [3.63, 3.8) is 0 Å². The normalized spacial score (nSPS) is 15.5. The molecular weight excluding hydrogens is 377 g/mol. The molecule has 3 aromatic carbocycles. The van der Waals surface area contributed by atoms with Crippen molar-refractivity contribution in [2.45, 2.75) is 44.9 Å². The molecule has 0 aliphatic heterocycles. The highest BCUT2D eigenvalue weighted by molar-refractivity contribution is 6.07. The quantitative estimate of drug-likeness (QED) is 0.511. The van der Waals surface area contributed by atoms with Gasteiger partial charge in [0.1, 0.15) is 11.6 Å². The van der Waals surface area contributed by atoms with Crippen molar-refractivity contribution in [2.24, 2.45) is 5.92 Å². The van der Waals surface area contributed by atoms with Crippen molar-refractivity contribution < 1.29 is 13.9 Å². The Balaban J connectivity index is 1.67. The summed E-state index contributed by atoms with van der Waals surface area (Å²) in [6, 6.07) is 18.2. The Kier molecular flexibility index (Phi) is 5.76. The lowest BCUT2D eigenvalue weighted by Gasteiger charge is -2.28. The first kappa shape index (κ1) is 20.4. The number of amides is 1. The molecule has 0 bridgehead atoms. The Hall–Kier alpha value is -2.88. The van der Waals surface area contributed by atoms with Gasteiger partial charge >= 0.3 is 0 Å². The van der Waals surface area contributed by atoms with Gasteiger partial charge in [-0.15, -0.1) is 0 Å². The van der Waals surface area contributed by atoms with Crippen LogP contribution < -0.4 is 10.1 Å². The second-order valence-corrected chi connectivity index (χ2v) is 8.61. The van der Waals surface area contributed by atoms with Crippen LogP contribution in [0.5, 0.6) is 5.75 Å². The lowest BCUT2D eigenvalue weighted by atomic mass is 9.78. The largest absolute Gasteiger partial charge is 0.493 e. The minimum atomic E-state index is -0.610. The van der Waals surface area contributed by atoms with Gasteiger partial charge in [-0.25, -0.2) is 4.39 Å². The minimum absolute atomic E-state index is 0.0207. The summed E-state index contributed by atoms with van der Waals surface area (Å²) in [6.07, 6.45) is 3.54. The van der Waals surface area contributed by atoms with Gasteiger partial charge in [-0.05, 0) is 48.6 Å². The molecule has 1 aliphatic rings. The number of carbonyl (C=O) groups excluding carboxylic acids is 1. The summed E-state index contributed by atoms with van der Waals surface area (Å²) in [4.78, 5) is 13.5. The van der Waals surface area contributed by atoms with Crippen LogP contribution >= 0.6 is 0 Å². The molecule has 0 radical (unpaired) electrons. The topological polar surface area (TPSA) is 38.3 Å². The lowest BCUT2D eigenvalue weighted by Crippen LogP contribution is -2.38. The van der Waals surface area contributed by atoms with Crippen molar-refractivity contribution in [1.82, 2.24) is 0 Å². The molecule has 1 fully saturated rings. The van der Waals surface area contributed by atoms with Gasteiger partial charge in [0.05, 0.1) is 12.0 Å². The van der Waals surface area contributed by atoms with Crippen LogP contribution in [-0.4, -0.2) is 12.5 Å². The molecule has 1 amide bonds. The molecule has 0 spiro atoms. The number of fused-ring (bicyclic) bond motifs is 1. The zero-order valence-corrected chi connectivity index (χ0v) is 17.6. The fraction of sp³-hybridized carbons (Fsp3) is 0.346. The maximum absolute atomic E-state index is 13.5. The number of carbonyl (C=O) groups is 1. The smallest absolute Gasteiger partial charge is 0.235 e. The second kappa shape index (κ2) is 8.47. The second-order valence-electron chi connectivity index (χ2n) is 8.61. The Bertz CT molecular complexity index is 1040. The minimum Gasteiger partial charge on any atom is -0.493 e. The predicted molar refractivity (Wildman–Crippen MR) is 119 cm³/mol. The Labute approximate surface area is 177 Å². The zero-order chi connectivity index (χ0) is 21.1. The summed E-state index contributed by atoms with van der Waals surface area (Å²) in [5.74, 6) is 0.954. The fourth-order valence-electron chi connectivity index (χ4n) is 4.40. The lowest BCUT2D eigenvalue weighted by molar-refractivity contribution is -0.121. The maximum atomic E-state index is 13.5. The van der Waals surface area contributed by atoms with E-state index in [4.69, 9.17) is 4.74 Å². The average molecular weight is 406 g/mol. The summed E-state index contributed by atoms with van der Waals surface area (Å²) in [5, 5.41) is 5.13. The van der Waals surface area contributed by atoms with Crippen molar-refractivity contribution in [1.29, 1.82) is 0 Å². The van der Waals surface area contributed by atoms with Gasteiger partial charge in [0.25, 0.3) is 0 Å². The van der Waals surface area contributed by atoms with E-state index in [1.54, 1.807) is 12.1 Å². The summed E-state index contributed by atoms with van der Waals surface area (Å²) in [5.41, 5.74) is 1.06. The highest BCUT2D eigenvalue weighted by Gasteiger charge is 2.42. The third kappa shape index (κ3) is 3.91. The molecule has 0 saturated heterocycles. The Morgan fingerprint density at radius 3 is 2.33 bits per heavy atom. The molecule has 1 N–H and O–H groups in total. The first-order valence-electron chi connectivity index (χ1n) is 10.7. The molecule has 3 aromatic rings. The van der Waals surface area contributed by atoms with E-state index >= 15 is 0 Å². The molecule has 1 saturated carbocycles. The number of halogens is 1. The van der Waals surface area contributed by atoms with Gasteiger partial charge in [0.2, 0.25) is 5.91 Å². The highest BCUT2D eigenvalue weighted by atomic mass is 19.1. The standard InChI is InChI=1S/C26H28FNO2/c1-18(2)17-30-24-14-13-23(21-7-3-4-8-22(21)24)28-25(29)26(15-5-6-16-26)19-9-11-20(27)12-10-19/h3-4,7-14,18H,5-6,15-17H2,1-2H3,(H,28,29). The maximum Gasteiger partial charge on any atom is 0.235 e. The number of hydrogen-bond acceptors (Lipinski definition) is 2. The number of rotatable bonds is 6. The molecule has 1 aliphatic carbocycles. The van der Waals surface area contributed by atoms with Crippen LogP contribution in [-0.2, 0) is 10.2 Å². The third-order valence-electron chi connectivity index (χ3n) is 5.99. The van der Waals surface area contributed by atoms with Gasteiger partial charge in [-0.3, -0.25) is 4.79 Å². The Morgan fingerprint density at radius 1 is 1.00 bits per heavy atom. The highest BCUT2D eigenvalue weighted by Crippen LogP contribution is 2.43. The van der Waals surface area contributed by atoms with Gasteiger partial charge in [-0.2, -0.15) is 0 Å². The van der Waals surface area contributed by atoms with E-state index in [2.05, 4.69) is 19.2 Å². The molecular formula is C26H28FNO2. The number of benzene rings is 3. The van der Waals surface area contributed by atoms with Crippen molar-refractivity contribution in [3.8, 4) is 5.75 Å².